The Morgan fingerprint density at radius 3 is 2.18 bits per heavy atom. The number of aromatic hydroxyl groups is 1. The summed E-state index contributed by atoms with van der Waals surface area (Å²) in [5.74, 6) is -0.130. The number of rotatable bonds is 9. The predicted octanol–water partition coefficient (Wildman–Crippen LogP) is 5.45. The molecule has 4 N–H and O–H groups in total. The molecule has 0 bridgehead atoms. The smallest absolute Gasteiger partial charge is 0.416 e. The van der Waals surface area contributed by atoms with E-state index >= 15 is 0 Å². The van der Waals surface area contributed by atoms with Gasteiger partial charge in [0.2, 0.25) is 0 Å². The lowest BCUT2D eigenvalue weighted by Crippen LogP contribution is -2.48. The average Bonchev–Trinajstić information content (AvgIpc) is 3.48. The highest BCUT2D eigenvalue weighted by Gasteiger charge is 2.30. The molecule has 1 saturated heterocycles. The largest absolute Gasteiger partial charge is 0.507 e. The summed E-state index contributed by atoms with van der Waals surface area (Å²) in [6.45, 7) is 3.95. The second-order valence-corrected chi connectivity index (χ2v) is 11.1. The summed E-state index contributed by atoms with van der Waals surface area (Å²) in [6, 6.07) is 17.5. The van der Waals surface area contributed by atoms with E-state index < -0.39 is 17.8 Å². The van der Waals surface area contributed by atoms with Crippen LogP contribution in [0.15, 0.2) is 83.3 Å². The van der Waals surface area contributed by atoms with E-state index in [0.29, 0.717) is 17.8 Å². The number of hydrazone groups is 1. The predicted molar refractivity (Wildman–Crippen MR) is 167 cm³/mol. The Balaban J connectivity index is 1.04. The fourth-order valence-corrected chi connectivity index (χ4v) is 5.40. The molecule has 1 fully saturated rings. The van der Waals surface area contributed by atoms with Gasteiger partial charge in [-0.1, -0.05) is 12.1 Å². The van der Waals surface area contributed by atoms with Crippen molar-refractivity contribution in [2.75, 3.05) is 43.4 Å². The second kappa shape index (κ2) is 14.3. The van der Waals surface area contributed by atoms with Crippen LogP contribution < -0.4 is 16.1 Å². The number of hydrogen-bond donors (Lipinski definition) is 4. The number of nitrogens with one attached hydrogen (secondary N) is 3. The van der Waals surface area contributed by atoms with Gasteiger partial charge in [-0.3, -0.25) is 14.6 Å². The van der Waals surface area contributed by atoms with Crippen LogP contribution in [-0.2, 0) is 17.5 Å². The second-order valence-electron chi connectivity index (χ2n) is 10.3. The van der Waals surface area contributed by atoms with Gasteiger partial charge in [-0.05, 0) is 60.7 Å². The number of carbonyl (C=O) groups excluding carboxylic acids is 2. The van der Waals surface area contributed by atoms with Crippen LogP contribution >= 0.6 is 11.3 Å². The number of amides is 3. The van der Waals surface area contributed by atoms with Crippen molar-refractivity contribution in [3.8, 4) is 16.3 Å². The molecule has 3 amide bonds. The third-order valence-electron chi connectivity index (χ3n) is 6.96. The third-order valence-corrected chi connectivity index (χ3v) is 7.90. The molecule has 5 rings (SSSR count). The maximum Gasteiger partial charge on any atom is 0.416 e. The van der Waals surface area contributed by atoms with Crippen LogP contribution in [0.5, 0.6) is 5.75 Å². The lowest BCUT2D eigenvalue weighted by atomic mass is 10.2. The minimum atomic E-state index is -4.44. The summed E-state index contributed by atoms with van der Waals surface area (Å²) in [4.78, 5) is 33.7. The van der Waals surface area contributed by atoms with Gasteiger partial charge in [-0.15, -0.1) is 11.3 Å². The standard InChI is InChI=1S/C31H30F3N7O3S/c32-31(33,34)23-7-11-25(12-8-23)38-30(44)37-24-9-5-21(6-10-24)29-36-26(20-45-29)18-40-13-15-41(16-14-40)19-28(43)39-35-17-22-3-1-2-4-27(22)42/h1-12,17,20,42H,13-16,18-19H2,(H,39,43)(H2,37,38,44)/b35-17+. The van der Waals surface area contributed by atoms with Crippen LogP contribution in [0, 0.1) is 0 Å². The van der Waals surface area contributed by atoms with Crippen molar-refractivity contribution in [3.63, 3.8) is 0 Å². The quantitative estimate of drug-likeness (QED) is 0.143. The van der Waals surface area contributed by atoms with E-state index in [1.54, 1.807) is 36.4 Å². The Hall–Kier alpha value is -4.79. The van der Waals surface area contributed by atoms with Crippen LogP contribution in [-0.4, -0.2) is 70.8 Å². The zero-order chi connectivity index (χ0) is 31.8. The lowest BCUT2D eigenvalue weighted by molar-refractivity contribution is -0.137. The molecule has 4 aromatic rings. The number of alkyl halides is 3. The Morgan fingerprint density at radius 2 is 1.53 bits per heavy atom. The highest BCUT2D eigenvalue weighted by atomic mass is 32.1. The van der Waals surface area contributed by atoms with Gasteiger partial charge in [0.05, 0.1) is 24.0 Å². The minimum Gasteiger partial charge on any atom is -0.507 e. The number of anilines is 2. The van der Waals surface area contributed by atoms with E-state index in [9.17, 15) is 27.9 Å². The number of hydrogen-bond acceptors (Lipinski definition) is 8. The molecule has 2 heterocycles. The van der Waals surface area contributed by atoms with E-state index in [2.05, 4.69) is 31.0 Å². The van der Waals surface area contributed by atoms with Crippen molar-refractivity contribution in [3.05, 3.63) is 95.0 Å². The number of phenols is 1. The van der Waals surface area contributed by atoms with E-state index in [1.165, 1.54) is 29.7 Å². The molecule has 1 aromatic heterocycles. The first-order valence-corrected chi connectivity index (χ1v) is 14.8. The average molecular weight is 638 g/mol. The number of nitrogens with zero attached hydrogens (tertiary/aromatic N) is 4. The molecule has 1 aliphatic heterocycles. The Kier molecular flexibility index (Phi) is 10.1. The molecule has 14 heteroatoms. The van der Waals surface area contributed by atoms with E-state index in [-0.39, 0.29) is 23.9 Å². The summed E-state index contributed by atoms with van der Waals surface area (Å²) < 4.78 is 38.2. The molecule has 0 unspecified atom stereocenters. The van der Waals surface area contributed by atoms with Gasteiger partial charge in [-0.2, -0.15) is 18.3 Å². The van der Waals surface area contributed by atoms with Gasteiger partial charge in [0.25, 0.3) is 5.91 Å². The molecule has 10 nitrogen and oxygen atoms in total. The maximum atomic E-state index is 12.7. The summed E-state index contributed by atoms with van der Waals surface area (Å²) in [7, 11) is 0. The number of urea groups is 1. The zero-order valence-electron chi connectivity index (χ0n) is 23.9. The molecule has 0 radical (unpaired) electrons. The van der Waals surface area contributed by atoms with Gasteiger partial charge in [0.1, 0.15) is 10.8 Å². The summed E-state index contributed by atoms with van der Waals surface area (Å²) >= 11 is 1.52. The maximum absolute atomic E-state index is 12.7. The van der Waals surface area contributed by atoms with Crippen molar-refractivity contribution < 1.29 is 27.9 Å². The minimum absolute atomic E-state index is 0.0923. The van der Waals surface area contributed by atoms with Crippen molar-refractivity contribution in [1.29, 1.82) is 0 Å². The van der Waals surface area contributed by atoms with Gasteiger partial charge in [-0.25, -0.2) is 15.2 Å². The zero-order valence-corrected chi connectivity index (χ0v) is 24.7. The Morgan fingerprint density at radius 1 is 0.911 bits per heavy atom. The molecule has 45 heavy (non-hydrogen) atoms. The summed E-state index contributed by atoms with van der Waals surface area (Å²) in [5, 5.41) is 21.7. The molecule has 0 spiro atoms. The normalized spacial score (nSPS) is 14.4. The molecular formula is C31H30F3N7O3S. The molecule has 3 aromatic carbocycles. The fourth-order valence-electron chi connectivity index (χ4n) is 4.59. The highest BCUT2D eigenvalue weighted by molar-refractivity contribution is 7.13. The molecule has 0 saturated carbocycles. The van der Waals surface area contributed by atoms with E-state index in [4.69, 9.17) is 4.98 Å². The van der Waals surface area contributed by atoms with Crippen molar-refractivity contribution in [1.82, 2.24) is 20.2 Å². The number of benzene rings is 3. The first-order chi connectivity index (χ1) is 21.6. The number of carbonyl (C=O) groups is 2. The van der Waals surface area contributed by atoms with Gasteiger partial charge >= 0.3 is 12.2 Å². The van der Waals surface area contributed by atoms with E-state index in [0.717, 1.165) is 54.6 Å². The van der Waals surface area contributed by atoms with Crippen molar-refractivity contribution in [2.24, 2.45) is 5.10 Å². The summed E-state index contributed by atoms with van der Waals surface area (Å²) in [5.41, 5.74) is 4.83. The SMILES string of the molecule is O=C(CN1CCN(Cc2csc(-c3ccc(NC(=O)Nc4ccc(C(F)(F)F)cc4)cc3)n2)CC1)N/N=C/c1ccccc1O. The highest BCUT2D eigenvalue weighted by Crippen LogP contribution is 2.30. The van der Waals surface area contributed by atoms with Crippen LogP contribution in [0.1, 0.15) is 16.8 Å². The summed E-state index contributed by atoms with van der Waals surface area (Å²) in [6.07, 6.45) is -3.03. The first kappa shape index (κ1) is 31.6. The molecular weight excluding hydrogens is 607 g/mol. The fraction of sp³-hybridized carbons (Fsp3) is 0.226. The van der Waals surface area contributed by atoms with E-state index in [1.807, 2.05) is 17.5 Å². The first-order valence-electron chi connectivity index (χ1n) is 14.0. The topological polar surface area (TPSA) is 122 Å². The number of phenolic OH excluding ortho intramolecular Hbond substituents is 1. The number of thiazole rings is 1. The Labute approximate surface area is 261 Å². The van der Waals surface area contributed by atoms with Gasteiger partial charge in [0.15, 0.2) is 0 Å². The van der Waals surface area contributed by atoms with Crippen LogP contribution in [0.3, 0.4) is 0 Å². The lowest BCUT2D eigenvalue weighted by Gasteiger charge is -2.33. The van der Waals surface area contributed by atoms with Gasteiger partial charge in [0, 0.05) is 60.6 Å². The number of aromatic nitrogens is 1. The number of piperazine rings is 1. The van der Waals surface area contributed by atoms with Crippen LogP contribution in [0.2, 0.25) is 0 Å². The van der Waals surface area contributed by atoms with Crippen molar-refractivity contribution >= 4 is 40.9 Å². The van der Waals surface area contributed by atoms with Crippen LogP contribution in [0.4, 0.5) is 29.3 Å². The third kappa shape index (κ3) is 9.11. The van der Waals surface area contributed by atoms with Crippen LogP contribution in [0.25, 0.3) is 10.6 Å². The number of halogens is 3. The molecule has 0 aliphatic carbocycles. The molecule has 234 valence electrons. The van der Waals surface area contributed by atoms with Gasteiger partial charge < -0.3 is 15.7 Å². The Bertz CT molecular complexity index is 1640. The van der Waals surface area contributed by atoms with Crippen molar-refractivity contribution in [2.45, 2.75) is 12.7 Å². The number of para-hydroxylation sites is 1. The molecule has 0 atom stereocenters. The molecule has 1 aliphatic rings. The monoisotopic (exact) mass is 637 g/mol.